The third-order valence-electron chi connectivity index (χ3n) is 5.94. The van der Waals surface area contributed by atoms with Crippen LogP contribution in [-0.4, -0.2) is 37.9 Å². The smallest absolute Gasteiger partial charge is 0.356 e. The Hall–Kier alpha value is -1.88. The molecular weight excluding hydrogens is 314 g/mol. The summed E-state index contributed by atoms with van der Waals surface area (Å²) in [6.07, 6.45) is 5.64. The van der Waals surface area contributed by atoms with Crippen LogP contribution in [0.3, 0.4) is 0 Å². The van der Waals surface area contributed by atoms with Gasteiger partial charge in [-0.2, -0.15) is 0 Å². The fourth-order valence-corrected chi connectivity index (χ4v) is 5.48. The molecule has 2 aromatic heterocycles. The molecule has 5 nitrogen and oxygen atoms in total. The van der Waals surface area contributed by atoms with Gasteiger partial charge in [-0.25, -0.2) is 9.78 Å². The predicted molar refractivity (Wildman–Crippen MR) is 96.8 cm³/mol. The minimum atomic E-state index is -0.940. The summed E-state index contributed by atoms with van der Waals surface area (Å²) in [4.78, 5) is 18.6. The van der Waals surface area contributed by atoms with Crippen LogP contribution in [-0.2, 0) is 6.54 Å². The highest BCUT2D eigenvalue weighted by Crippen LogP contribution is 2.52. The van der Waals surface area contributed by atoms with Crippen LogP contribution < -0.4 is 0 Å². The van der Waals surface area contributed by atoms with Crippen LogP contribution in [0.15, 0.2) is 18.3 Å². The quantitative estimate of drug-likeness (QED) is 0.924. The van der Waals surface area contributed by atoms with Gasteiger partial charge in [0, 0.05) is 25.3 Å². The van der Waals surface area contributed by atoms with E-state index in [2.05, 4.69) is 30.7 Å². The molecule has 0 spiro atoms. The molecular formula is C20H27N3O2. The highest BCUT2D eigenvalue weighted by Gasteiger charge is 2.49. The molecule has 0 radical (unpaired) electrons. The van der Waals surface area contributed by atoms with Crippen LogP contribution >= 0.6 is 0 Å². The van der Waals surface area contributed by atoms with E-state index in [1.807, 2.05) is 29.7 Å². The Bertz CT molecular complexity index is 854. The molecule has 0 aromatic carbocycles. The molecule has 1 aliphatic carbocycles. The molecule has 1 saturated carbocycles. The summed E-state index contributed by atoms with van der Waals surface area (Å²) >= 11 is 0. The fraction of sp³-hybridized carbons (Fsp3) is 0.600. The van der Waals surface area contributed by atoms with Gasteiger partial charge in [-0.1, -0.05) is 26.8 Å². The van der Waals surface area contributed by atoms with E-state index in [-0.39, 0.29) is 5.69 Å². The molecule has 2 aliphatic rings. The van der Waals surface area contributed by atoms with Crippen molar-refractivity contribution in [1.82, 2.24) is 14.3 Å². The van der Waals surface area contributed by atoms with Crippen LogP contribution in [0.5, 0.6) is 0 Å². The van der Waals surface area contributed by atoms with Crippen molar-refractivity contribution in [3.05, 3.63) is 35.3 Å². The molecule has 134 valence electrons. The number of nitrogens with zero attached hydrogens (tertiary/aromatic N) is 3. The lowest BCUT2D eigenvalue weighted by atomic mass is 9.65. The number of fused-ring (bicyclic) bond motifs is 3. The number of aromatic carboxylic acids is 1. The van der Waals surface area contributed by atoms with E-state index in [1.54, 1.807) is 0 Å². The highest BCUT2D eigenvalue weighted by molar-refractivity contribution is 5.88. The van der Waals surface area contributed by atoms with Crippen LogP contribution in [0.2, 0.25) is 0 Å². The first-order valence-electron chi connectivity index (χ1n) is 9.11. The lowest BCUT2D eigenvalue weighted by Gasteiger charge is -2.39. The number of aromatic nitrogens is 2. The molecule has 2 unspecified atom stereocenters. The fourth-order valence-electron chi connectivity index (χ4n) is 5.48. The number of rotatable bonds is 3. The summed E-state index contributed by atoms with van der Waals surface area (Å²) in [6.45, 7) is 10.8. The number of likely N-dealkylation sites (tertiary alicyclic amines) is 1. The Balaban J connectivity index is 1.73. The van der Waals surface area contributed by atoms with E-state index >= 15 is 0 Å². The molecule has 2 atom stereocenters. The van der Waals surface area contributed by atoms with E-state index in [9.17, 15) is 9.90 Å². The molecule has 1 saturated heterocycles. The van der Waals surface area contributed by atoms with Gasteiger partial charge >= 0.3 is 5.97 Å². The molecule has 5 heteroatoms. The zero-order valence-corrected chi connectivity index (χ0v) is 15.5. The van der Waals surface area contributed by atoms with Crippen LogP contribution in [0.1, 0.15) is 61.8 Å². The number of carbonyl (C=O) groups is 1. The number of pyridine rings is 1. The van der Waals surface area contributed by atoms with E-state index in [1.165, 1.54) is 19.3 Å². The average molecular weight is 341 g/mol. The Morgan fingerprint density at radius 1 is 1.32 bits per heavy atom. The maximum atomic E-state index is 11.7. The summed E-state index contributed by atoms with van der Waals surface area (Å²) in [5, 5.41) is 9.64. The predicted octanol–water partition coefficient (Wildman–Crippen LogP) is 3.74. The second kappa shape index (κ2) is 5.31. The third kappa shape index (κ3) is 2.84. The van der Waals surface area contributed by atoms with E-state index < -0.39 is 5.97 Å². The molecule has 1 aliphatic heterocycles. The van der Waals surface area contributed by atoms with Gasteiger partial charge < -0.3 is 9.51 Å². The molecule has 2 fully saturated rings. The monoisotopic (exact) mass is 341 g/mol. The van der Waals surface area contributed by atoms with Gasteiger partial charge in [-0.05, 0) is 48.6 Å². The van der Waals surface area contributed by atoms with Crippen LogP contribution in [0, 0.1) is 17.8 Å². The number of carboxylic acid groups (broad SMARTS) is 1. The van der Waals surface area contributed by atoms with Crippen LogP contribution in [0.4, 0.5) is 0 Å². The molecule has 2 aromatic rings. The van der Waals surface area contributed by atoms with E-state index in [0.717, 1.165) is 17.8 Å². The van der Waals surface area contributed by atoms with Crippen molar-refractivity contribution in [2.24, 2.45) is 10.8 Å². The van der Waals surface area contributed by atoms with Crippen molar-refractivity contribution in [3.63, 3.8) is 0 Å². The van der Waals surface area contributed by atoms with Crippen molar-refractivity contribution in [3.8, 4) is 0 Å². The minimum absolute atomic E-state index is 0.191. The van der Waals surface area contributed by atoms with E-state index in [4.69, 9.17) is 0 Å². The summed E-state index contributed by atoms with van der Waals surface area (Å²) in [6, 6.07) is 4.41. The van der Waals surface area contributed by atoms with Crippen LogP contribution in [0.25, 0.3) is 5.65 Å². The van der Waals surface area contributed by atoms with Gasteiger partial charge in [-0.15, -0.1) is 0 Å². The van der Waals surface area contributed by atoms with Crippen molar-refractivity contribution >= 4 is 11.6 Å². The second-order valence-corrected chi connectivity index (χ2v) is 9.27. The summed E-state index contributed by atoms with van der Waals surface area (Å²) in [5.41, 5.74) is 3.52. The van der Waals surface area contributed by atoms with Crippen molar-refractivity contribution < 1.29 is 9.90 Å². The first-order chi connectivity index (χ1) is 11.7. The van der Waals surface area contributed by atoms with Gasteiger partial charge in [0.25, 0.3) is 0 Å². The Morgan fingerprint density at radius 2 is 2.08 bits per heavy atom. The molecule has 1 N–H and O–H groups in total. The van der Waals surface area contributed by atoms with Crippen molar-refractivity contribution in [2.45, 2.75) is 59.5 Å². The topological polar surface area (TPSA) is 57.8 Å². The zero-order valence-electron chi connectivity index (χ0n) is 15.5. The van der Waals surface area contributed by atoms with Gasteiger partial charge in [0.2, 0.25) is 0 Å². The number of hydrogen-bond acceptors (Lipinski definition) is 3. The van der Waals surface area contributed by atoms with Crippen molar-refractivity contribution in [2.75, 3.05) is 6.54 Å². The standard InChI is InChI=1S/C20H27N3O2/c1-13-5-6-16-21-17(18(24)25)15(23(16)9-13)10-22-12-20(4)8-14(22)7-19(2,3)11-20/h5-6,9,14H,7-8,10-12H2,1-4H3,(H,24,25). The Kier molecular flexibility index (Phi) is 3.52. The first kappa shape index (κ1) is 16.6. The SMILES string of the molecule is Cc1ccc2nc(C(=O)O)c(CN3CC4(C)CC3CC(C)(C)C4)n2c1. The van der Waals surface area contributed by atoms with Crippen molar-refractivity contribution in [1.29, 1.82) is 0 Å². The zero-order chi connectivity index (χ0) is 18.0. The number of imidazole rings is 1. The maximum absolute atomic E-state index is 11.7. The van der Waals surface area contributed by atoms with Gasteiger partial charge in [0.15, 0.2) is 5.69 Å². The molecule has 3 heterocycles. The normalized spacial score (nSPS) is 28.6. The number of hydrogen-bond donors (Lipinski definition) is 1. The minimum Gasteiger partial charge on any atom is -0.476 e. The molecule has 2 bridgehead atoms. The van der Waals surface area contributed by atoms with Gasteiger partial charge in [0.05, 0.1) is 5.69 Å². The molecule has 25 heavy (non-hydrogen) atoms. The highest BCUT2D eigenvalue weighted by atomic mass is 16.4. The summed E-state index contributed by atoms with van der Waals surface area (Å²) in [5.74, 6) is -0.940. The lowest BCUT2D eigenvalue weighted by Crippen LogP contribution is -2.34. The summed E-state index contributed by atoms with van der Waals surface area (Å²) < 4.78 is 1.97. The first-order valence-corrected chi connectivity index (χ1v) is 9.11. The average Bonchev–Trinajstić information content (AvgIpc) is 2.93. The number of carboxylic acids is 1. The molecule has 4 rings (SSSR count). The van der Waals surface area contributed by atoms with Gasteiger partial charge in [0.1, 0.15) is 5.65 Å². The van der Waals surface area contributed by atoms with E-state index in [0.29, 0.717) is 29.1 Å². The second-order valence-electron chi connectivity index (χ2n) is 9.27. The molecule has 0 amide bonds. The maximum Gasteiger partial charge on any atom is 0.356 e. The third-order valence-corrected chi connectivity index (χ3v) is 5.94. The Labute approximate surface area is 148 Å². The lowest BCUT2D eigenvalue weighted by molar-refractivity contribution is 0.0687. The van der Waals surface area contributed by atoms with Gasteiger partial charge in [-0.3, -0.25) is 4.90 Å². The number of aryl methyl sites for hydroxylation is 1. The largest absolute Gasteiger partial charge is 0.476 e. The summed E-state index contributed by atoms with van der Waals surface area (Å²) in [7, 11) is 0. The Morgan fingerprint density at radius 3 is 2.80 bits per heavy atom.